The molecule has 0 N–H and O–H groups in total. The fourth-order valence-electron chi connectivity index (χ4n) is 6.41. The minimum atomic E-state index is -0.141. The predicted molar refractivity (Wildman–Crippen MR) is 126 cm³/mol. The number of benzene rings is 1. The summed E-state index contributed by atoms with van der Waals surface area (Å²) >= 11 is 10.4. The average Bonchev–Trinajstić information content (AvgIpc) is 2.97. The first-order valence-electron chi connectivity index (χ1n) is 10.5. The third-order valence-electron chi connectivity index (χ3n) is 7.35. The Morgan fingerprint density at radius 1 is 1.10 bits per heavy atom. The van der Waals surface area contributed by atoms with Crippen molar-refractivity contribution < 1.29 is 9.21 Å². The van der Waals surface area contributed by atoms with Crippen LogP contribution in [0, 0.1) is 23.7 Å². The van der Waals surface area contributed by atoms with Gasteiger partial charge in [0.05, 0.1) is 15.9 Å². The van der Waals surface area contributed by atoms with Crippen molar-refractivity contribution >= 4 is 67.2 Å². The Hall–Kier alpha value is -1.44. The van der Waals surface area contributed by atoms with Crippen molar-refractivity contribution in [1.29, 1.82) is 0 Å². The molecule has 0 unspecified atom stereocenters. The average molecular weight is 502 g/mol. The van der Waals surface area contributed by atoms with Gasteiger partial charge < -0.3 is 4.42 Å². The summed E-state index contributed by atoms with van der Waals surface area (Å²) in [5.41, 5.74) is 0.769. The lowest BCUT2D eigenvalue weighted by atomic mass is 9.54. The maximum absolute atomic E-state index is 13.4. The van der Waals surface area contributed by atoms with Crippen molar-refractivity contribution in [3.05, 3.63) is 49.6 Å². The summed E-state index contributed by atoms with van der Waals surface area (Å²) in [6, 6.07) is 5.58. The maximum Gasteiger partial charge on any atom is 0.266 e. The molecule has 30 heavy (non-hydrogen) atoms. The van der Waals surface area contributed by atoms with Gasteiger partial charge in [0.15, 0.2) is 5.43 Å². The van der Waals surface area contributed by atoms with Crippen molar-refractivity contribution in [3.8, 4) is 0 Å². The first-order valence-corrected chi connectivity index (χ1v) is 12.5. The second-order valence-electron chi connectivity index (χ2n) is 9.13. The lowest BCUT2D eigenvalue weighted by Crippen LogP contribution is -2.57. The monoisotopic (exact) mass is 501 g/mol. The molecule has 4 aliphatic carbocycles. The van der Waals surface area contributed by atoms with E-state index in [0.717, 1.165) is 16.3 Å². The van der Waals surface area contributed by atoms with Gasteiger partial charge in [0.2, 0.25) is 0 Å². The molecule has 1 amide bonds. The summed E-state index contributed by atoms with van der Waals surface area (Å²) < 4.78 is 7.09. The Morgan fingerprint density at radius 2 is 1.80 bits per heavy atom. The topological polar surface area (TPSA) is 50.5 Å². The number of nitrogens with zero attached hydrogens (tertiary/aromatic N) is 1. The quantitative estimate of drug-likeness (QED) is 0.397. The van der Waals surface area contributed by atoms with Crippen LogP contribution in [0.4, 0.5) is 0 Å². The summed E-state index contributed by atoms with van der Waals surface area (Å²) in [4.78, 5) is 28.7. The zero-order valence-electron chi connectivity index (χ0n) is 16.2. The fraction of sp³-hybridized carbons (Fsp3) is 0.435. The number of hydrogen-bond acceptors (Lipinski definition) is 5. The van der Waals surface area contributed by atoms with E-state index in [2.05, 4.69) is 15.9 Å². The van der Waals surface area contributed by atoms with Crippen LogP contribution in [0.15, 0.2) is 43.1 Å². The molecule has 0 atom stereocenters. The smallest absolute Gasteiger partial charge is 0.266 e. The fourth-order valence-corrected chi connectivity index (χ4v) is 8.11. The van der Waals surface area contributed by atoms with E-state index in [9.17, 15) is 9.59 Å². The van der Waals surface area contributed by atoms with E-state index in [0.29, 0.717) is 37.6 Å². The van der Waals surface area contributed by atoms with Crippen molar-refractivity contribution in [2.45, 2.75) is 38.1 Å². The molecule has 2 aromatic rings. The van der Waals surface area contributed by atoms with Gasteiger partial charge in [-0.3, -0.25) is 14.5 Å². The highest BCUT2D eigenvalue weighted by Gasteiger charge is 2.53. The number of rotatable bonds is 2. The molecule has 2 heterocycles. The Bertz CT molecular complexity index is 1160. The van der Waals surface area contributed by atoms with Gasteiger partial charge in [-0.05, 0) is 80.1 Å². The van der Waals surface area contributed by atoms with Gasteiger partial charge >= 0.3 is 0 Å². The molecule has 1 saturated heterocycles. The second kappa shape index (κ2) is 7.04. The van der Waals surface area contributed by atoms with E-state index in [4.69, 9.17) is 16.6 Å². The molecule has 4 saturated carbocycles. The third kappa shape index (κ3) is 2.96. The highest BCUT2D eigenvalue weighted by molar-refractivity contribution is 9.10. The van der Waals surface area contributed by atoms with Crippen LogP contribution in [-0.2, 0) is 4.79 Å². The van der Waals surface area contributed by atoms with Gasteiger partial charge in [-0.25, -0.2) is 0 Å². The van der Waals surface area contributed by atoms with Gasteiger partial charge in [0, 0.05) is 10.5 Å². The zero-order valence-corrected chi connectivity index (χ0v) is 19.4. The number of halogens is 1. The summed E-state index contributed by atoms with van der Waals surface area (Å²) in [7, 11) is 0. The molecule has 0 spiro atoms. The summed E-state index contributed by atoms with van der Waals surface area (Å²) in [6.45, 7) is 0. The number of hydrogen-bond donors (Lipinski definition) is 0. The minimum Gasteiger partial charge on any atom is -0.463 e. The van der Waals surface area contributed by atoms with E-state index in [-0.39, 0.29) is 17.4 Å². The summed E-state index contributed by atoms with van der Waals surface area (Å²) in [6.07, 6.45) is 9.41. The van der Waals surface area contributed by atoms with Crippen LogP contribution < -0.4 is 5.43 Å². The Balaban J connectivity index is 1.34. The number of thioether (sulfide) groups is 1. The van der Waals surface area contributed by atoms with Crippen molar-refractivity contribution in [2.75, 3.05) is 0 Å². The molecule has 7 rings (SSSR count). The third-order valence-corrected chi connectivity index (χ3v) is 9.17. The normalized spacial score (nSPS) is 34.0. The van der Waals surface area contributed by atoms with Crippen molar-refractivity contribution in [3.63, 3.8) is 0 Å². The van der Waals surface area contributed by atoms with Crippen LogP contribution in [-0.4, -0.2) is 21.2 Å². The molecule has 1 aliphatic heterocycles. The molecular weight excluding hydrogens is 482 g/mol. The van der Waals surface area contributed by atoms with Crippen molar-refractivity contribution in [1.82, 2.24) is 4.90 Å². The lowest BCUT2D eigenvalue weighted by Gasteiger charge is -2.56. The molecule has 4 bridgehead atoms. The molecule has 5 fully saturated rings. The van der Waals surface area contributed by atoms with Gasteiger partial charge in [-0.1, -0.05) is 39.9 Å². The molecule has 0 radical (unpaired) electrons. The van der Waals surface area contributed by atoms with E-state index in [1.165, 1.54) is 50.1 Å². The summed E-state index contributed by atoms with van der Waals surface area (Å²) in [5.74, 6) is 2.80. The number of thiocarbonyl (C=S) groups is 1. The number of fused-ring (bicyclic) bond motifs is 1. The predicted octanol–water partition coefficient (Wildman–Crippen LogP) is 5.58. The van der Waals surface area contributed by atoms with E-state index in [1.54, 1.807) is 18.2 Å². The standard InChI is InChI=1S/C23H20BrNO3S2/c24-16-1-2-18-17(9-16)21(26)15(10-28-18)8-19-22(27)25(23(29)30-19)20-13-4-11-3-12(6-13)7-14(20)5-11/h1-2,8-14,20H,3-7H2/b19-8+. The molecule has 1 aromatic carbocycles. The second-order valence-corrected chi connectivity index (χ2v) is 11.7. The highest BCUT2D eigenvalue weighted by Crippen LogP contribution is 2.56. The Labute approximate surface area is 192 Å². The molecular formula is C23H20BrNO3S2. The van der Waals surface area contributed by atoms with Gasteiger partial charge in [0.1, 0.15) is 16.2 Å². The van der Waals surface area contributed by atoms with Gasteiger partial charge in [-0.2, -0.15) is 0 Å². The Kier molecular flexibility index (Phi) is 4.52. The molecule has 7 heteroatoms. The van der Waals surface area contributed by atoms with Crippen LogP contribution in [0.5, 0.6) is 0 Å². The molecule has 4 nitrogen and oxygen atoms in total. The van der Waals surface area contributed by atoms with E-state index in [1.807, 2.05) is 11.0 Å². The van der Waals surface area contributed by atoms with E-state index < -0.39 is 0 Å². The van der Waals surface area contributed by atoms with Crippen LogP contribution in [0.2, 0.25) is 0 Å². The first-order chi connectivity index (χ1) is 14.5. The van der Waals surface area contributed by atoms with Crippen LogP contribution in [0.25, 0.3) is 17.0 Å². The number of amides is 1. The lowest BCUT2D eigenvalue weighted by molar-refractivity contribution is -0.130. The molecule has 5 aliphatic rings. The van der Waals surface area contributed by atoms with Gasteiger partial charge in [-0.15, -0.1) is 0 Å². The maximum atomic E-state index is 13.4. The first kappa shape index (κ1) is 19.3. The molecule has 154 valence electrons. The minimum absolute atomic E-state index is 0.0452. The van der Waals surface area contributed by atoms with Crippen LogP contribution in [0.1, 0.15) is 37.7 Å². The molecule has 1 aromatic heterocycles. The van der Waals surface area contributed by atoms with Crippen molar-refractivity contribution in [2.24, 2.45) is 23.7 Å². The van der Waals surface area contributed by atoms with Gasteiger partial charge in [0.25, 0.3) is 5.91 Å². The summed E-state index contributed by atoms with van der Waals surface area (Å²) in [5, 5.41) is 0.495. The zero-order chi connectivity index (χ0) is 20.6. The SMILES string of the molecule is O=C1/C(=C\c2coc3ccc(Br)cc3c2=O)SC(=S)N1C1C2CC3CC(C2)CC1C3. The van der Waals surface area contributed by atoms with Crippen LogP contribution in [0.3, 0.4) is 0 Å². The van der Waals surface area contributed by atoms with Crippen LogP contribution >= 0.6 is 39.9 Å². The number of carbonyl (C=O) groups excluding carboxylic acids is 1. The Morgan fingerprint density at radius 3 is 2.50 bits per heavy atom. The highest BCUT2D eigenvalue weighted by atomic mass is 79.9. The number of carbonyl (C=O) groups is 1. The largest absolute Gasteiger partial charge is 0.463 e. The van der Waals surface area contributed by atoms with E-state index >= 15 is 0 Å².